The van der Waals surface area contributed by atoms with Crippen molar-refractivity contribution in [1.29, 1.82) is 0 Å². The maximum absolute atomic E-state index is 13.9. The van der Waals surface area contributed by atoms with Crippen molar-refractivity contribution in [3.63, 3.8) is 0 Å². The summed E-state index contributed by atoms with van der Waals surface area (Å²) in [5.41, 5.74) is 1.27. The summed E-state index contributed by atoms with van der Waals surface area (Å²) in [5, 5.41) is 0.532. The number of ether oxygens (including phenoxy) is 1. The summed E-state index contributed by atoms with van der Waals surface area (Å²) < 4.78 is 34.5. The van der Waals surface area contributed by atoms with Crippen molar-refractivity contribution in [1.82, 2.24) is 9.47 Å². The lowest BCUT2D eigenvalue weighted by Gasteiger charge is -2.10. The average molecular weight is 268 g/mol. The molecule has 0 unspecified atom stereocenters. The largest absolute Gasteiger partial charge is 0.493 e. The van der Waals surface area contributed by atoms with Crippen LogP contribution in [0.2, 0.25) is 0 Å². The molecule has 0 amide bonds. The minimum absolute atomic E-state index is 0.116. The SMILES string of the molecule is COc1c(F)cc(F)c2c1c(CCN(C)C)cn2C. The predicted octanol–water partition coefficient (Wildman–Crippen LogP) is 2.57. The second kappa shape index (κ2) is 5.17. The van der Waals surface area contributed by atoms with Crippen molar-refractivity contribution in [3.05, 3.63) is 29.5 Å². The Balaban J connectivity index is 2.65. The lowest BCUT2D eigenvalue weighted by Crippen LogP contribution is -2.15. The fraction of sp³-hybridized carbons (Fsp3) is 0.429. The van der Waals surface area contributed by atoms with Gasteiger partial charge in [-0.3, -0.25) is 0 Å². The quantitative estimate of drug-likeness (QED) is 0.848. The van der Waals surface area contributed by atoms with Gasteiger partial charge in [0.25, 0.3) is 0 Å². The second-order valence-electron chi connectivity index (χ2n) is 4.92. The Morgan fingerprint density at radius 3 is 2.53 bits per heavy atom. The van der Waals surface area contributed by atoms with Crippen LogP contribution in [0.4, 0.5) is 8.78 Å². The number of hydrogen-bond acceptors (Lipinski definition) is 2. The standard InChI is InChI=1S/C14H18F2N2O/c1-17(2)6-5-9-8-18(3)13-10(15)7-11(16)14(19-4)12(9)13/h7-8H,5-6H2,1-4H3. The van der Waals surface area contributed by atoms with Gasteiger partial charge in [0.15, 0.2) is 17.4 Å². The molecule has 0 N–H and O–H groups in total. The van der Waals surface area contributed by atoms with Gasteiger partial charge in [-0.25, -0.2) is 8.78 Å². The summed E-state index contributed by atoms with van der Waals surface area (Å²) in [6.07, 6.45) is 2.54. The first-order valence-electron chi connectivity index (χ1n) is 6.10. The number of hydrogen-bond donors (Lipinski definition) is 0. The first-order chi connectivity index (χ1) is 8.95. The van der Waals surface area contributed by atoms with Crippen molar-refractivity contribution < 1.29 is 13.5 Å². The normalized spacial score (nSPS) is 11.5. The zero-order valence-electron chi connectivity index (χ0n) is 11.6. The fourth-order valence-electron chi connectivity index (χ4n) is 2.33. The molecular weight excluding hydrogens is 250 g/mol. The molecule has 1 aromatic heterocycles. The molecule has 0 saturated carbocycles. The predicted molar refractivity (Wildman–Crippen MR) is 71.6 cm³/mol. The van der Waals surface area contributed by atoms with E-state index in [0.717, 1.165) is 18.2 Å². The fourth-order valence-corrected chi connectivity index (χ4v) is 2.33. The van der Waals surface area contributed by atoms with E-state index in [2.05, 4.69) is 0 Å². The maximum atomic E-state index is 13.9. The molecule has 0 aliphatic carbocycles. The number of aryl methyl sites for hydroxylation is 1. The minimum Gasteiger partial charge on any atom is -0.493 e. The van der Waals surface area contributed by atoms with Crippen molar-refractivity contribution in [2.75, 3.05) is 27.7 Å². The van der Waals surface area contributed by atoms with E-state index in [1.807, 2.05) is 25.2 Å². The maximum Gasteiger partial charge on any atom is 0.168 e. The number of benzene rings is 1. The molecule has 1 heterocycles. The number of aromatic nitrogens is 1. The second-order valence-corrected chi connectivity index (χ2v) is 4.92. The van der Waals surface area contributed by atoms with Crippen molar-refractivity contribution in [3.8, 4) is 5.75 Å². The molecule has 19 heavy (non-hydrogen) atoms. The van der Waals surface area contributed by atoms with E-state index in [4.69, 9.17) is 4.74 Å². The molecule has 2 aromatic rings. The Bertz CT molecular complexity index is 605. The summed E-state index contributed by atoms with van der Waals surface area (Å²) in [4.78, 5) is 2.03. The van der Waals surface area contributed by atoms with Gasteiger partial charge in [0.2, 0.25) is 0 Å². The molecule has 2 rings (SSSR count). The third-order valence-corrected chi connectivity index (χ3v) is 3.22. The third kappa shape index (κ3) is 2.42. The molecule has 0 atom stereocenters. The van der Waals surface area contributed by atoms with Crippen molar-refractivity contribution >= 4 is 10.9 Å². The van der Waals surface area contributed by atoms with Gasteiger partial charge in [-0.1, -0.05) is 0 Å². The van der Waals surface area contributed by atoms with Crippen LogP contribution in [-0.4, -0.2) is 37.2 Å². The molecule has 3 nitrogen and oxygen atoms in total. The Morgan fingerprint density at radius 2 is 1.95 bits per heavy atom. The first-order valence-corrected chi connectivity index (χ1v) is 6.10. The minimum atomic E-state index is -0.662. The summed E-state index contributed by atoms with van der Waals surface area (Å²) in [7, 11) is 7.08. The average Bonchev–Trinajstić information content (AvgIpc) is 2.65. The highest BCUT2D eigenvalue weighted by Gasteiger charge is 2.19. The molecule has 104 valence electrons. The number of rotatable bonds is 4. The van der Waals surface area contributed by atoms with Gasteiger partial charge in [-0.15, -0.1) is 0 Å². The van der Waals surface area contributed by atoms with Crippen LogP contribution in [0.15, 0.2) is 12.3 Å². The van der Waals surface area contributed by atoms with E-state index in [9.17, 15) is 8.78 Å². The van der Waals surface area contributed by atoms with Crippen LogP contribution in [0.1, 0.15) is 5.56 Å². The highest BCUT2D eigenvalue weighted by molar-refractivity contribution is 5.90. The molecule has 0 aliphatic heterocycles. The monoisotopic (exact) mass is 268 g/mol. The number of likely N-dealkylation sites (N-methyl/N-ethyl adjacent to an activating group) is 1. The molecule has 0 fully saturated rings. The van der Waals surface area contributed by atoms with Crippen LogP contribution in [0, 0.1) is 11.6 Å². The summed E-state index contributed by atoms with van der Waals surface area (Å²) in [5.74, 6) is -1.11. The van der Waals surface area contributed by atoms with E-state index >= 15 is 0 Å². The lowest BCUT2D eigenvalue weighted by molar-refractivity contribution is 0.389. The summed E-state index contributed by atoms with van der Waals surface area (Å²) in [6.45, 7) is 0.806. The van der Waals surface area contributed by atoms with E-state index in [-0.39, 0.29) is 5.75 Å². The van der Waals surface area contributed by atoms with Gasteiger partial charge < -0.3 is 14.2 Å². The van der Waals surface area contributed by atoms with Gasteiger partial charge in [0.1, 0.15) is 0 Å². The van der Waals surface area contributed by atoms with Crippen LogP contribution >= 0.6 is 0 Å². The molecule has 0 bridgehead atoms. The van der Waals surface area contributed by atoms with E-state index in [0.29, 0.717) is 17.3 Å². The van der Waals surface area contributed by atoms with E-state index < -0.39 is 11.6 Å². The van der Waals surface area contributed by atoms with Crippen molar-refractivity contribution in [2.45, 2.75) is 6.42 Å². The molecule has 5 heteroatoms. The highest BCUT2D eigenvalue weighted by atomic mass is 19.1. The molecule has 1 aromatic carbocycles. The Kier molecular flexibility index (Phi) is 3.75. The van der Waals surface area contributed by atoms with Gasteiger partial charge in [0, 0.05) is 25.9 Å². The zero-order chi connectivity index (χ0) is 14.2. The number of halogens is 2. The lowest BCUT2D eigenvalue weighted by atomic mass is 10.1. The van der Waals surface area contributed by atoms with Crippen LogP contribution in [0.3, 0.4) is 0 Å². The first kappa shape index (κ1) is 13.8. The van der Waals surface area contributed by atoms with Gasteiger partial charge >= 0.3 is 0 Å². The highest BCUT2D eigenvalue weighted by Crippen LogP contribution is 2.34. The van der Waals surface area contributed by atoms with Gasteiger partial charge in [-0.2, -0.15) is 0 Å². The van der Waals surface area contributed by atoms with Gasteiger partial charge in [-0.05, 0) is 26.1 Å². The van der Waals surface area contributed by atoms with Crippen LogP contribution in [-0.2, 0) is 13.5 Å². The zero-order valence-corrected chi connectivity index (χ0v) is 11.6. The number of fused-ring (bicyclic) bond motifs is 1. The Morgan fingerprint density at radius 1 is 1.26 bits per heavy atom. The molecular formula is C14H18F2N2O. The molecule has 0 spiro atoms. The van der Waals surface area contributed by atoms with Crippen LogP contribution in [0.25, 0.3) is 10.9 Å². The van der Waals surface area contributed by atoms with Gasteiger partial charge in [0.05, 0.1) is 18.0 Å². The van der Waals surface area contributed by atoms with Crippen molar-refractivity contribution in [2.24, 2.45) is 7.05 Å². The third-order valence-electron chi connectivity index (χ3n) is 3.22. The summed E-state index contributed by atoms with van der Waals surface area (Å²) in [6, 6.07) is 0.872. The Labute approximate surface area is 111 Å². The number of nitrogens with zero attached hydrogens (tertiary/aromatic N) is 2. The smallest absolute Gasteiger partial charge is 0.168 e. The molecule has 0 aliphatic rings. The summed E-state index contributed by atoms with van der Waals surface area (Å²) >= 11 is 0. The van der Waals surface area contributed by atoms with Crippen LogP contribution < -0.4 is 4.74 Å². The molecule has 0 saturated heterocycles. The molecule has 0 radical (unpaired) electrons. The van der Waals surface area contributed by atoms with E-state index in [1.54, 1.807) is 11.6 Å². The number of methoxy groups -OCH3 is 1. The Hall–Kier alpha value is -1.62. The topological polar surface area (TPSA) is 17.4 Å². The van der Waals surface area contributed by atoms with E-state index in [1.165, 1.54) is 7.11 Å². The van der Waals surface area contributed by atoms with Crippen LogP contribution in [0.5, 0.6) is 5.75 Å².